The van der Waals surface area contributed by atoms with Crippen molar-refractivity contribution in [3.63, 3.8) is 0 Å². The van der Waals surface area contributed by atoms with Crippen molar-refractivity contribution in [3.8, 4) is 0 Å². The monoisotopic (exact) mass is 245 g/mol. The summed E-state index contributed by atoms with van der Waals surface area (Å²) in [5.74, 6) is -1.02. The molecule has 0 amide bonds. The minimum absolute atomic E-state index is 0.329. The molecule has 0 spiro atoms. The summed E-state index contributed by atoms with van der Waals surface area (Å²) in [5, 5.41) is 8.66. The number of pyridine rings is 1. The van der Waals surface area contributed by atoms with Crippen LogP contribution in [0.4, 0.5) is 0 Å². The van der Waals surface area contributed by atoms with Gasteiger partial charge < -0.3 is 9.67 Å². The van der Waals surface area contributed by atoms with Gasteiger partial charge in [0, 0.05) is 16.7 Å². The Labute approximate surface area is 82.9 Å². The Kier molecular flexibility index (Phi) is 2.87. The fourth-order valence-corrected chi connectivity index (χ4v) is 1.22. The molecule has 1 aromatic rings. The molecule has 1 heterocycles. The molecule has 0 saturated heterocycles. The maximum Gasteiger partial charge on any atom is 0.326 e. The minimum atomic E-state index is -1.02. The standard InChI is InChI=1S/C8H8BrNO3/c1-5(8(12)13)10-3-2-6(9)4-7(10)11/h2-5H,1H3,(H,12,13). The SMILES string of the molecule is CC(C(=O)O)n1ccc(Br)cc1=O. The highest BCUT2D eigenvalue weighted by Crippen LogP contribution is 2.07. The lowest BCUT2D eigenvalue weighted by Crippen LogP contribution is -2.26. The summed E-state index contributed by atoms with van der Waals surface area (Å²) in [6.07, 6.45) is 1.45. The second-order valence-corrected chi connectivity index (χ2v) is 3.52. The summed E-state index contributed by atoms with van der Waals surface area (Å²) in [6.45, 7) is 1.46. The van der Waals surface area contributed by atoms with Gasteiger partial charge in [-0.2, -0.15) is 0 Å². The first-order valence-corrected chi connectivity index (χ1v) is 4.42. The molecular weight excluding hydrogens is 238 g/mol. The largest absolute Gasteiger partial charge is 0.480 e. The number of hydrogen-bond donors (Lipinski definition) is 1. The van der Waals surface area contributed by atoms with E-state index in [1.807, 2.05) is 0 Å². The predicted octanol–water partition coefficient (Wildman–Crippen LogP) is 1.26. The molecule has 0 aliphatic heterocycles. The predicted molar refractivity (Wildman–Crippen MR) is 50.7 cm³/mol. The van der Waals surface area contributed by atoms with E-state index in [-0.39, 0.29) is 5.56 Å². The molecule has 0 aliphatic rings. The molecule has 5 heteroatoms. The Morgan fingerprint density at radius 1 is 1.69 bits per heavy atom. The maximum atomic E-state index is 11.3. The molecule has 4 nitrogen and oxygen atoms in total. The first-order chi connectivity index (χ1) is 6.02. The van der Waals surface area contributed by atoms with E-state index in [1.165, 1.54) is 19.2 Å². The Morgan fingerprint density at radius 2 is 2.31 bits per heavy atom. The quantitative estimate of drug-likeness (QED) is 0.854. The van der Waals surface area contributed by atoms with Gasteiger partial charge >= 0.3 is 5.97 Å². The number of carboxylic acids is 1. The first kappa shape index (κ1) is 9.98. The Hall–Kier alpha value is -1.10. The second-order valence-electron chi connectivity index (χ2n) is 2.60. The van der Waals surface area contributed by atoms with Crippen LogP contribution in [0.15, 0.2) is 27.6 Å². The molecule has 0 aliphatic carbocycles. The van der Waals surface area contributed by atoms with Crippen molar-refractivity contribution < 1.29 is 9.90 Å². The molecule has 1 aromatic heterocycles. The molecule has 0 radical (unpaired) electrons. The molecular formula is C8H8BrNO3. The maximum absolute atomic E-state index is 11.3. The number of aromatic nitrogens is 1. The molecule has 0 aromatic carbocycles. The summed E-state index contributed by atoms with van der Waals surface area (Å²) in [4.78, 5) is 21.8. The van der Waals surface area contributed by atoms with Crippen LogP contribution in [0.2, 0.25) is 0 Å². The second kappa shape index (κ2) is 3.74. The fourth-order valence-electron chi connectivity index (χ4n) is 0.905. The number of aliphatic carboxylic acids is 1. The molecule has 1 atom stereocenters. The van der Waals surface area contributed by atoms with E-state index in [0.717, 1.165) is 4.57 Å². The number of carbonyl (C=O) groups is 1. The average molecular weight is 246 g/mol. The number of halogens is 1. The number of rotatable bonds is 2. The summed E-state index contributed by atoms with van der Waals surface area (Å²) >= 11 is 3.12. The Bertz CT molecular complexity index is 385. The lowest BCUT2D eigenvalue weighted by molar-refractivity contribution is -0.140. The van der Waals surface area contributed by atoms with E-state index in [9.17, 15) is 9.59 Å². The van der Waals surface area contributed by atoms with Gasteiger partial charge in [0.15, 0.2) is 0 Å². The lowest BCUT2D eigenvalue weighted by atomic mass is 10.3. The zero-order valence-corrected chi connectivity index (χ0v) is 8.48. The van der Waals surface area contributed by atoms with Gasteiger partial charge in [-0.05, 0) is 13.0 Å². The highest BCUT2D eigenvalue weighted by Gasteiger charge is 2.13. The van der Waals surface area contributed by atoms with Gasteiger partial charge in [0.1, 0.15) is 6.04 Å². The number of carboxylic acid groups (broad SMARTS) is 1. The summed E-state index contributed by atoms with van der Waals surface area (Å²) < 4.78 is 1.80. The van der Waals surface area contributed by atoms with Gasteiger partial charge in [0.2, 0.25) is 0 Å². The van der Waals surface area contributed by atoms with Crippen molar-refractivity contribution in [1.29, 1.82) is 0 Å². The van der Waals surface area contributed by atoms with Gasteiger partial charge in [-0.3, -0.25) is 4.79 Å². The smallest absolute Gasteiger partial charge is 0.326 e. The molecule has 1 N–H and O–H groups in total. The van der Waals surface area contributed by atoms with Crippen LogP contribution in [0.5, 0.6) is 0 Å². The van der Waals surface area contributed by atoms with Crippen molar-refractivity contribution in [3.05, 3.63) is 33.2 Å². The highest BCUT2D eigenvalue weighted by molar-refractivity contribution is 9.10. The van der Waals surface area contributed by atoms with Crippen LogP contribution in [-0.4, -0.2) is 15.6 Å². The third kappa shape index (κ3) is 2.18. The van der Waals surface area contributed by atoms with E-state index in [4.69, 9.17) is 5.11 Å². The molecule has 1 unspecified atom stereocenters. The number of nitrogens with zero attached hydrogens (tertiary/aromatic N) is 1. The lowest BCUT2D eigenvalue weighted by Gasteiger charge is -2.09. The van der Waals surface area contributed by atoms with E-state index in [2.05, 4.69) is 15.9 Å². The van der Waals surface area contributed by atoms with Crippen molar-refractivity contribution in [1.82, 2.24) is 4.57 Å². The zero-order valence-electron chi connectivity index (χ0n) is 6.90. The van der Waals surface area contributed by atoms with E-state index < -0.39 is 12.0 Å². The van der Waals surface area contributed by atoms with Crippen LogP contribution < -0.4 is 5.56 Å². The highest BCUT2D eigenvalue weighted by atomic mass is 79.9. The van der Waals surface area contributed by atoms with Crippen molar-refractivity contribution in [2.45, 2.75) is 13.0 Å². The Morgan fingerprint density at radius 3 is 2.77 bits per heavy atom. The van der Waals surface area contributed by atoms with Crippen molar-refractivity contribution >= 4 is 21.9 Å². The topological polar surface area (TPSA) is 59.3 Å². The van der Waals surface area contributed by atoms with Gasteiger partial charge in [-0.1, -0.05) is 15.9 Å². The summed E-state index contributed by atoms with van der Waals surface area (Å²) in [7, 11) is 0. The molecule has 13 heavy (non-hydrogen) atoms. The molecule has 0 fully saturated rings. The van der Waals surface area contributed by atoms with Crippen molar-refractivity contribution in [2.75, 3.05) is 0 Å². The van der Waals surface area contributed by atoms with Gasteiger partial charge in [0.25, 0.3) is 5.56 Å². The van der Waals surface area contributed by atoms with E-state index >= 15 is 0 Å². The third-order valence-electron chi connectivity index (χ3n) is 1.68. The third-order valence-corrected chi connectivity index (χ3v) is 2.18. The summed E-state index contributed by atoms with van der Waals surface area (Å²) in [5.41, 5.74) is -0.329. The number of hydrogen-bond acceptors (Lipinski definition) is 2. The van der Waals surface area contributed by atoms with E-state index in [0.29, 0.717) is 4.47 Å². The van der Waals surface area contributed by atoms with Crippen LogP contribution in [0.3, 0.4) is 0 Å². The van der Waals surface area contributed by atoms with Crippen LogP contribution in [0.25, 0.3) is 0 Å². The van der Waals surface area contributed by atoms with Crippen LogP contribution >= 0.6 is 15.9 Å². The van der Waals surface area contributed by atoms with Crippen LogP contribution in [0, 0.1) is 0 Å². The fraction of sp³-hybridized carbons (Fsp3) is 0.250. The zero-order chi connectivity index (χ0) is 10.0. The normalized spacial score (nSPS) is 12.5. The van der Waals surface area contributed by atoms with Gasteiger partial charge in [-0.25, -0.2) is 4.79 Å². The van der Waals surface area contributed by atoms with Crippen LogP contribution in [0.1, 0.15) is 13.0 Å². The van der Waals surface area contributed by atoms with E-state index in [1.54, 1.807) is 6.07 Å². The first-order valence-electron chi connectivity index (χ1n) is 3.63. The minimum Gasteiger partial charge on any atom is -0.480 e. The van der Waals surface area contributed by atoms with Crippen molar-refractivity contribution in [2.24, 2.45) is 0 Å². The molecule has 70 valence electrons. The summed E-state index contributed by atoms with van der Waals surface area (Å²) in [6, 6.07) is 2.13. The average Bonchev–Trinajstić information content (AvgIpc) is 2.03. The Balaban J connectivity index is 3.16. The molecule has 1 rings (SSSR count). The van der Waals surface area contributed by atoms with Gasteiger partial charge in [0.05, 0.1) is 0 Å². The van der Waals surface area contributed by atoms with Crippen LogP contribution in [-0.2, 0) is 4.79 Å². The molecule has 0 saturated carbocycles. The molecule has 0 bridgehead atoms. The van der Waals surface area contributed by atoms with Gasteiger partial charge in [-0.15, -0.1) is 0 Å².